The minimum atomic E-state index is 0.102. The Morgan fingerprint density at radius 1 is 1.31 bits per heavy atom. The standard InChI is InChI=1S/C11H25N3O2/c1-13-11(15)5-3-7-14(8-4-6-12)9-10-16-2/h3-10,12H2,1-2H3,(H,13,15). The number of methoxy groups -OCH3 is 1. The second-order valence-corrected chi connectivity index (χ2v) is 3.75. The molecule has 0 aromatic carbocycles. The molecule has 0 unspecified atom stereocenters. The van der Waals surface area contributed by atoms with Crippen LogP contribution in [0.3, 0.4) is 0 Å². The maximum atomic E-state index is 11.0. The number of ether oxygens (including phenoxy) is 1. The smallest absolute Gasteiger partial charge is 0.219 e. The van der Waals surface area contributed by atoms with Crippen LogP contribution in [-0.4, -0.2) is 57.8 Å². The summed E-state index contributed by atoms with van der Waals surface area (Å²) in [6, 6.07) is 0. The number of nitrogens with two attached hydrogens (primary N) is 1. The third-order valence-electron chi connectivity index (χ3n) is 2.45. The quantitative estimate of drug-likeness (QED) is 0.547. The molecule has 5 heteroatoms. The second-order valence-electron chi connectivity index (χ2n) is 3.75. The summed E-state index contributed by atoms with van der Waals surface area (Å²) in [5.74, 6) is 0.102. The van der Waals surface area contributed by atoms with E-state index in [1.54, 1.807) is 14.2 Å². The molecule has 0 aromatic heterocycles. The summed E-state index contributed by atoms with van der Waals surface area (Å²) in [6.45, 7) is 4.25. The first-order chi connectivity index (χ1) is 7.74. The number of carbonyl (C=O) groups excluding carboxylic acids is 1. The van der Waals surface area contributed by atoms with Gasteiger partial charge in [-0.15, -0.1) is 0 Å². The molecule has 0 spiro atoms. The van der Waals surface area contributed by atoms with Crippen LogP contribution in [-0.2, 0) is 9.53 Å². The highest BCUT2D eigenvalue weighted by atomic mass is 16.5. The molecule has 1 amide bonds. The zero-order chi connectivity index (χ0) is 12.2. The SMILES string of the molecule is CNC(=O)CCCN(CCCN)CCOC. The molecule has 96 valence electrons. The molecule has 0 saturated carbocycles. The Labute approximate surface area is 98.3 Å². The zero-order valence-electron chi connectivity index (χ0n) is 10.5. The van der Waals surface area contributed by atoms with Gasteiger partial charge in [-0.2, -0.15) is 0 Å². The fourth-order valence-electron chi connectivity index (χ4n) is 1.46. The molecule has 3 N–H and O–H groups in total. The van der Waals surface area contributed by atoms with Crippen molar-refractivity contribution in [2.75, 3.05) is 46.9 Å². The van der Waals surface area contributed by atoms with E-state index in [-0.39, 0.29) is 5.91 Å². The Kier molecular flexibility index (Phi) is 10.4. The normalized spacial score (nSPS) is 10.8. The van der Waals surface area contributed by atoms with Crippen LogP contribution >= 0.6 is 0 Å². The minimum Gasteiger partial charge on any atom is -0.383 e. The Morgan fingerprint density at radius 2 is 2.00 bits per heavy atom. The second kappa shape index (κ2) is 10.9. The van der Waals surface area contributed by atoms with E-state index in [0.717, 1.165) is 39.1 Å². The van der Waals surface area contributed by atoms with Crippen LogP contribution in [0.5, 0.6) is 0 Å². The van der Waals surface area contributed by atoms with E-state index in [4.69, 9.17) is 10.5 Å². The number of nitrogens with zero attached hydrogens (tertiary/aromatic N) is 1. The van der Waals surface area contributed by atoms with Crippen LogP contribution in [0.25, 0.3) is 0 Å². The van der Waals surface area contributed by atoms with Gasteiger partial charge in [0.05, 0.1) is 6.61 Å². The first-order valence-corrected chi connectivity index (χ1v) is 5.86. The number of amides is 1. The zero-order valence-corrected chi connectivity index (χ0v) is 10.5. The summed E-state index contributed by atoms with van der Waals surface area (Å²) >= 11 is 0. The van der Waals surface area contributed by atoms with Crippen molar-refractivity contribution in [2.24, 2.45) is 5.73 Å². The lowest BCUT2D eigenvalue weighted by molar-refractivity contribution is -0.120. The average molecular weight is 231 g/mol. The fourth-order valence-corrected chi connectivity index (χ4v) is 1.46. The first-order valence-electron chi connectivity index (χ1n) is 5.86. The van der Waals surface area contributed by atoms with Gasteiger partial charge in [0.25, 0.3) is 0 Å². The Bertz CT molecular complexity index is 169. The van der Waals surface area contributed by atoms with Crippen LogP contribution in [0.1, 0.15) is 19.3 Å². The fraction of sp³-hybridized carbons (Fsp3) is 0.909. The van der Waals surface area contributed by atoms with Gasteiger partial charge in [-0.05, 0) is 32.5 Å². The van der Waals surface area contributed by atoms with Crippen molar-refractivity contribution in [3.8, 4) is 0 Å². The Hall–Kier alpha value is -0.650. The van der Waals surface area contributed by atoms with Crippen molar-refractivity contribution in [2.45, 2.75) is 19.3 Å². The predicted molar refractivity (Wildman–Crippen MR) is 65.3 cm³/mol. The van der Waals surface area contributed by atoms with Crippen LogP contribution in [0.15, 0.2) is 0 Å². The highest BCUT2D eigenvalue weighted by molar-refractivity contribution is 5.75. The molecule has 0 bridgehead atoms. The van der Waals surface area contributed by atoms with E-state index < -0.39 is 0 Å². The largest absolute Gasteiger partial charge is 0.383 e. The highest BCUT2D eigenvalue weighted by Gasteiger charge is 2.05. The van der Waals surface area contributed by atoms with Gasteiger partial charge in [0.1, 0.15) is 0 Å². The third-order valence-corrected chi connectivity index (χ3v) is 2.45. The van der Waals surface area contributed by atoms with Gasteiger partial charge in [-0.25, -0.2) is 0 Å². The molecule has 16 heavy (non-hydrogen) atoms. The predicted octanol–water partition coefficient (Wildman–Crippen LogP) is -0.190. The van der Waals surface area contributed by atoms with Crippen molar-refractivity contribution >= 4 is 5.91 Å². The molecular formula is C11H25N3O2. The van der Waals surface area contributed by atoms with Gasteiger partial charge in [-0.1, -0.05) is 0 Å². The molecule has 0 saturated heterocycles. The molecule has 0 fully saturated rings. The Balaban J connectivity index is 3.67. The molecule has 0 radical (unpaired) electrons. The molecule has 0 rings (SSSR count). The molecule has 0 aliphatic heterocycles. The van der Waals surface area contributed by atoms with Crippen molar-refractivity contribution in [3.63, 3.8) is 0 Å². The summed E-state index contributed by atoms with van der Waals surface area (Å²) < 4.78 is 5.05. The van der Waals surface area contributed by atoms with Gasteiger partial charge in [0, 0.05) is 27.1 Å². The summed E-state index contributed by atoms with van der Waals surface area (Å²) in [5, 5.41) is 2.62. The van der Waals surface area contributed by atoms with Crippen LogP contribution in [0.4, 0.5) is 0 Å². The van der Waals surface area contributed by atoms with Crippen molar-refractivity contribution in [3.05, 3.63) is 0 Å². The van der Waals surface area contributed by atoms with Gasteiger partial charge in [-0.3, -0.25) is 4.79 Å². The lowest BCUT2D eigenvalue weighted by Gasteiger charge is -2.21. The number of rotatable bonds is 10. The summed E-state index contributed by atoms with van der Waals surface area (Å²) in [4.78, 5) is 13.3. The monoisotopic (exact) mass is 231 g/mol. The van der Waals surface area contributed by atoms with Gasteiger partial charge < -0.3 is 20.7 Å². The van der Waals surface area contributed by atoms with Crippen LogP contribution in [0, 0.1) is 0 Å². The molecule has 0 heterocycles. The molecule has 0 atom stereocenters. The average Bonchev–Trinajstić information content (AvgIpc) is 2.31. The van der Waals surface area contributed by atoms with E-state index in [0.29, 0.717) is 13.0 Å². The number of hydrogen-bond acceptors (Lipinski definition) is 4. The number of hydrogen-bond donors (Lipinski definition) is 2. The Morgan fingerprint density at radius 3 is 2.56 bits per heavy atom. The molecule has 5 nitrogen and oxygen atoms in total. The van der Waals surface area contributed by atoms with Crippen LogP contribution < -0.4 is 11.1 Å². The summed E-state index contributed by atoms with van der Waals surface area (Å²) in [5.41, 5.74) is 5.48. The van der Waals surface area contributed by atoms with E-state index in [1.165, 1.54) is 0 Å². The molecule has 0 aliphatic carbocycles. The third kappa shape index (κ3) is 8.64. The maximum absolute atomic E-state index is 11.0. The number of carbonyl (C=O) groups is 1. The van der Waals surface area contributed by atoms with Crippen molar-refractivity contribution in [1.29, 1.82) is 0 Å². The first kappa shape index (κ1) is 15.3. The van der Waals surface area contributed by atoms with Gasteiger partial charge in [0.2, 0.25) is 5.91 Å². The topological polar surface area (TPSA) is 67.6 Å². The molecular weight excluding hydrogens is 206 g/mol. The van der Waals surface area contributed by atoms with E-state index in [1.807, 2.05) is 0 Å². The van der Waals surface area contributed by atoms with Crippen LogP contribution in [0.2, 0.25) is 0 Å². The highest BCUT2D eigenvalue weighted by Crippen LogP contribution is 1.97. The summed E-state index contributed by atoms with van der Waals surface area (Å²) in [6.07, 6.45) is 2.46. The van der Waals surface area contributed by atoms with Crippen molar-refractivity contribution < 1.29 is 9.53 Å². The molecule has 0 aliphatic rings. The van der Waals surface area contributed by atoms with E-state index in [2.05, 4.69) is 10.2 Å². The number of nitrogens with one attached hydrogen (secondary N) is 1. The summed E-state index contributed by atoms with van der Waals surface area (Å²) in [7, 11) is 3.37. The van der Waals surface area contributed by atoms with Crippen molar-refractivity contribution in [1.82, 2.24) is 10.2 Å². The van der Waals surface area contributed by atoms with E-state index in [9.17, 15) is 4.79 Å². The molecule has 0 aromatic rings. The van der Waals surface area contributed by atoms with Gasteiger partial charge >= 0.3 is 0 Å². The minimum absolute atomic E-state index is 0.102. The lowest BCUT2D eigenvalue weighted by Crippen LogP contribution is -2.31. The lowest BCUT2D eigenvalue weighted by atomic mass is 10.2. The maximum Gasteiger partial charge on any atom is 0.219 e. The van der Waals surface area contributed by atoms with Gasteiger partial charge in [0.15, 0.2) is 0 Å². The van der Waals surface area contributed by atoms with E-state index >= 15 is 0 Å².